The van der Waals surface area contributed by atoms with Gasteiger partial charge in [-0.3, -0.25) is 24.1 Å². The number of nitrogens with one attached hydrogen (secondary N) is 1. The Balaban J connectivity index is 1.33. The summed E-state index contributed by atoms with van der Waals surface area (Å²) in [5.74, 6) is -0.857. The normalized spacial score (nSPS) is 16.0. The van der Waals surface area contributed by atoms with Gasteiger partial charge in [0.2, 0.25) is 5.91 Å². The van der Waals surface area contributed by atoms with E-state index in [1.807, 2.05) is 4.90 Å². The van der Waals surface area contributed by atoms with Crippen LogP contribution < -0.4 is 5.32 Å². The Labute approximate surface area is 187 Å². The molecule has 0 atom stereocenters. The first-order valence-corrected chi connectivity index (χ1v) is 11.1. The fourth-order valence-electron chi connectivity index (χ4n) is 4.24. The summed E-state index contributed by atoms with van der Waals surface area (Å²) in [5, 5.41) is 2.80. The summed E-state index contributed by atoms with van der Waals surface area (Å²) in [6, 6.07) is 13.6. The quantitative estimate of drug-likeness (QED) is 0.710. The molecule has 7 heteroatoms. The van der Waals surface area contributed by atoms with E-state index in [1.165, 1.54) is 4.90 Å². The molecule has 0 aromatic heterocycles. The predicted molar refractivity (Wildman–Crippen MR) is 119 cm³/mol. The third kappa shape index (κ3) is 4.72. The average Bonchev–Trinajstić information content (AvgIpc) is 3.01. The number of carbonyl (C=O) groups excluding carboxylic acids is 4. The highest BCUT2D eigenvalue weighted by molar-refractivity contribution is 6.21. The lowest BCUT2D eigenvalue weighted by Gasteiger charge is -2.20. The topological polar surface area (TPSA) is 86.8 Å². The lowest BCUT2D eigenvalue weighted by molar-refractivity contribution is -0.131. The zero-order chi connectivity index (χ0) is 22.5. The number of fused-ring (bicyclic) bond motifs is 1. The van der Waals surface area contributed by atoms with E-state index in [0.717, 1.165) is 38.8 Å². The van der Waals surface area contributed by atoms with Gasteiger partial charge in [0, 0.05) is 31.6 Å². The molecular weight excluding hydrogens is 406 g/mol. The average molecular weight is 434 g/mol. The summed E-state index contributed by atoms with van der Waals surface area (Å²) in [6.45, 7) is 1.97. The molecule has 2 aliphatic rings. The number of hydrogen-bond donors (Lipinski definition) is 1. The molecule has 0 saturated carbocycles. The van der Waals surface area contributed by atoms with Gasteiger partial charge in [-0.05, 0) is 42.7 Å². The standard InChI is InChI=1S/C25H27N3O4/c29-22(27-14-5-1-2-6-15-27)12-13-26-23(30)19-9-7-8-18(16-19)17-28-24(31)20-10-3-4-11-21(20)25(28)32/h3-4,7-11,16H,1-2,5-6,12-15,17H2,(H,26,30). The molecule has 2 aliphatic heterocycles. The zero-order valence-electron chi connectivity index (χ0n) is 18.0. The van der Waals surface area contributed by atoms with Crippen LogP contribution in [0.3, 0.4) is 0 Å². The van der Waals surface area contributed by atoms with E-state index >= 15 is 0 Å². The zero-order valence-corrected chi connectivity index (χ0v) is 18.0. The molecule has 166 valence electrons. The molecule has 2 aromatic rings. The van der Waals surface area contributed by atoms with Gasteiger partial charge in [0.05, 0.1) is 17.7 Å². The summed E-state index contributed by atoms with van der Waals surface area (Å²) in [7, 11) is 0. The number of carbonyl (C=O) groups is 4. The van der Waals surface area contributed by atoms with Crippen molar-refractivity contribution in [3.05, 3.63) is 70.8 Å². The maximum atomic E-state index is 12.6. The second-order valence-corrected chi connectivity index (χ2v) is 8.24. The molecule has 2 heterocycles. The van der Waals surface area contributed by atoms with Gasteiger partial charge in [-0.15, -0.1) is 0 Å². The lowest BCUT2D eigenvalue weighted by atomic mass is 10.1. The van der Waals surface area contributed by atoms with Crippen LogP contribution in [0.1, 0.15) is 68.7 Å². The van der Waals surface area contributed by atoms with Crippen LogP contribution in [0.2, 0.25) is 0 Å². The largest absolute Gasteiger partial charge is 0.352 e. The van der Waals surface area contributed by atoms with Crippen molar-refractivity contribution >= 4 is 23.6 Å². The third-order valence-corrected chi connectivity index (χ3v) is 5.99. The minimum absolute atomic E-state index is 0.0755. The molecule has 32 heavy (non-hydrogen) atoms. The summed E-state index contributed by atoms with van der Waals surface area (Å²) >= 11 is 0. The molecule has 0 aliphatic carbocycles. The first kappa shape index (κ1) is 21.7. The van der Waals surface area contributed by atoms with Gasteiger partial charge in [0.1, 0.15) is 0 Å². The number of imide groups is 1. The smallest absolute Gasteiger partial charge is 0.261 e. The van der Waals surface area contributed by atoms with Crippen LogP contribution in [-0.2, 0) is 11.3 Å². The third-order valence-electron chi connectivity index (χ3n) is 5.99. The van der Waals surface area contributed by atoms with Gasteiger partial charge in [-0.25, -0.2) is 0 Å². The van der Waals surface area contributed by atoms with Gasteiger partial charge >= 0.3 is 0 Å². The predicted octanol–water partition coefficient (Wildman–Crippen LogP) is 3.01. The molecule has 1 saturated heterocycles. The van der Waals surface area contributed by atoms with Gasteiger partial charge in [0.25, 0.3) is 17.7 Å². The van der Waals surface area contributed by atoms with Crippen molar-refractivity contribution < 1.29 is 19.2 Å². The van der Waals surface area contributed by atoms with Crippen molar-refractivity contribution in [3.63, 3.8) is 0 Å². The molecule has 4 amide bonds. The molecule has 0 unspecified atom stereocenters. The minimum atomic E-state index is -0.326. The van der Waals surface area contributed by atoms with Crippen molar-refractivity contribution in [3.8, 4) is 0 Å². The molecule has 0 bridgehead atoms. The van der Waals surface area contributed by atoms with E-state index in [2.05, 4.69) is 5.32 Å². The van der Waals surface area contributed by atoms with Gasteiger partial charge in [-0.1, -0.05) is 37.1 Å². The van der Waals surface area contributed by atoms with Crippen LogP contribution >= 0.6 is 0 Å². The molecule has 0 radical (unpaired) electrons. The Hall–Kier alpha value is -3.48. The maximum absolute atomic E-state index is 12.6. The highest BCUT2D eigenvalue weighted by Gasteiger charge is 2.35. The lowest BCUT2D eigenvalue weighted by Crippen LogP contribution is -2.35. The van der Waals surface area contributed by atoms with Crippen LogP contribution in [0.25, 0.3) is 0 Å². The van der Waals surface area contributed by atoms with Crippen molar-refractivity contribution in [2.24, 2.45) is 0 Å². The first-order valence-electron chi connectivity index (χ1n) is 11.1. The van der Waals surface area contributed by atoms with Crippen LogP contribution in [0, 0.1) is 0 Å². The molecular formula is C25H27N3O4. The second-order valence-electron chi connectivity index (χ2n) is 8.24. The molecule has 2 aromatic carbocycles. The van der Waals surface area contributed by atoms with Crippen LogP contribution in [-0.4, -0.2) is 53.1 Å². The van der Waals surface area contributed by atoms with Crippen molar-refractivity contribution in [1.29, 1.82) is 0 Å². The van der Waals surface area contributed by atoms with E-state index < -0.39 is 0 Å². The highest BCUT2D eigenvalue weighted by Crippen LogP contribution is 2.24. The molecule has 1 fully saturated rings. The summed E-state index contributed by atoms with van der Waals surface area (Å²) in [5.41, 5.74) is 1.93. The van der Waals surface area contributed by atoms with E-state index in [4.69, 9.17) is 0 Å². The van der Waals surface area contributed by atoms with E-state index in [9.17, 15) is 19.2 Å². The van der Waals surface area contributed by atoms with Gasteiger partial charge < -0.3 is 10.2 Å². The van der Waals surface area contributed by atoms with Gasteiger partial charge in [-0.2, -0.15) is 0 Å². The number of nitrogens with zero attached hydrogens (tertiary/aromatic N) is 2. The fourth-order valence-corrected chi connectivity index (χ4v) is 4.24. The number of hydrogen-bond acceptors (Lipinski definition) is 4. The highest BCUT2D eigenvalue weighted by atomic mass is 16.2. The number of amides is 4. The molecule has 7 nitrogen and oxygen atoms in total. The maximum Gasteiger partial charge on any atom is 0.261 e. The van der Waals surface area contributed by atoms with Crippen molar-refractivity contribution in [1.82, 2.24) is 15.1 Å². The summed E-state index contributed by atoms with van der Waals surface area (Å²) in [4.78, 5) is 53.2. The van der Waals surface area contributed by atoms with Crippen molar-refractivity contribution in [2.45, 2.75) is 38.6 Å². The first-order chi connectivity index (χ1) is 15.5. The van der Waals surface area contributed by atoms with Crippen molar-refractivity contribution in [2.75, 3.05) is 19.6 Å². The van der Waals surface area contributed by atoms with Crippen LogP contribution in [0.4, 0.5) is 0 Å². The Bertz CT molecular complexity index is 1010. The summed E-state index contributed by atoms with van der Waals surface area (Å²) < 4.78 is 0. The SMILES string of the molecule is O=C(NCCC(=O)N1CCCCCC1)c1cccc(CN2C(=O)c3ccccc3C2=O)c1. The van der Waals surface area contributed by atoms with Crippen LogP contribution in [0.15, 0.2) is 48.5 Å². The van der Waals surface area contributed by atoms with E-state index in [0.29, 0.717) is 22.3 Å². The minimum Gasteiger partial charge on any atom is -0.352 e. The van der Waals surface area contributed by atoms with E-state index in [-0.39, 0.29) is 43.1 Å². The van der Waals surface area contributed by atoms with Crippen LogP contribution in [0.5, 0.6) is 0 Å². The molecule has 4 rings (SSSR count). The Morgan fingerprint density at radius 1 is 0.844 bits per heavy atom. The number of likely N-dealkylation sites (tertiary alicyclic amines) is 1. The second kappa shape index (κ2) is 9.77. The summed E-state index contributed by atoms with van der Waals surface area (Å²) in [6.07, 6.45) is 4.69. The van der Waals surface area contributed by atoms with E-state index in [1.54, 1.807) is 48.5 Å². The monoisotopic (exact) mass is 433 g/mol. The Kier molecular flexibility index (Phi) is 6.63. The Morgan fingerprint density at radius 3 is 2.16 bits per heavy atom. The molecule has 0 spiro atoms. The Morgan fingerprint density at radius 2 is 1.50 bits per heavy atom. The fraction of sp³-hybridized carbons (Fsp3) is 0.360. The molecule has 1 N–H and O–H groups in total. The van der Waals surface area contributed by atoms with Gasteiger partial charge in [0.15, 0.2) is 0 Å². The number of benzene rings is 2. The number of rotatable bonds is 6.